The quantitative estimate of drug-likeness (QED) is 0.812. The Labute approximate surface area is 145 Å². The molecule has 25 heavy (non-hydrogen) atoms. The number of carbonyl (C=O) groups is 2. The van der Waals surface area contributed by atoms with Gasteiger partial charge in [-0.25, -0.2) is 0 Å². The molecule has 5 rings (SSSR count). The number of allylic oxidation sites excluding steroid dienone is 1. The van der Waals surface area contributed by atoms with Crippen LogP contribution in [0, 0.1) is 0 Å². The van der Waals surface area contributed by atoms with E-state index in [1.165, 1.54) is 5.69 Å². The lowest BCUT2D eigenvalue weighted by Gasteiger charge is -2.34. The Morgan fingerprint density at radius 2 is 1.80 bits per heavy atom. The molecule has 0 atom stereocenters. The SMILES string of the molecule is CN1CCN(c2cc3c4c(c5c(cc4c2)C(=O)NC5=O)CC=C3)CC1. The summed E-state index contributed by atoms with van der Waals surface area (Å²) in [6.45, 7) is 4.11. The van der Waals surface area contributed by atoms with Crippen molar-refractivity contribution in [1.29, 1.82) is 0 Å². The number of hydrogen-bond acceptors (Lipinski definition) is 4. The monoisotopic (exact) mass is 333 g/mol. The van der Waals surface area contributed by atoms with Gasteiger partial charge >= 0.3 is 0 Å². The van der Waals surface area contributed by atoms with E-state index < -0.39 is 0 Å². The third-order valence-corrected chi connectivity index (χ3v) is 5.54. The van der Waals surface area contributed by atoms with Crippen molar-refractivity contribution in [2.24, 2.45) is 0 Å². The summed E-state index contributed by atoms with van der Waals surface area (Å²) < 4.78 is 0. The van der Waals surface area contributed by atoms with Crippen LogP contribution in [-0.2, 0) is 6.42 Å². The first-order valence-electron chi connectivity index (χ1n) is 8.71. The molecular formula is C20H19N3O2. The summed E-state index contributed by atoms with van der Waals surface area (Å²) in [5.41, 5.74) is 4.40. The van der Waals surface area contributed by atoms with Crippen LogP contribution in [-0.4, -0.2) is 49.9 Å². The van der Waals surface area contributed by atoms with E-state index in [1.807, 2.05) is 6.07 Å². The van der Waals surface area contributed by atoms with Crippen LogP contribution in [0.25, 0.3) is 16.8 Å². The molecular weight excluding hydrogens is 314 g/mol. The molecule has 5 nitrogen and oxygen atoms in total. The predicted octanol–water partition coefficient (Wildman–Crippen LogP) is 2.04. The second-order valence-corrected chi connectivity index (χ2v) is 7.09. The molecule has 1 fully saturated rings. The molecule has 1 saturated heterocycles. The molecule has 0 saturated carbocycles. The number of piperazine rings is 1. The molecule has 0 unspecified atom stereocenters. The number of fused-ring (bicyclic) bond motifs is 2. The lowest BCUT2D eigenvalue weighted by atomic mass is 9.87. The van der Waals surface area contributed by atoms with Crippen molar-refractivity contribution in [3.8, 4) is 0 Å². The van der Waals surface area contributed by atoms with Gasteiger partial charge in [0.15, 0.2) is 0 Å². The number of benzene rings is 2. The third-order valence-electron chi connectivity index (χ3n) is 5.54. The molecule has 0 bridgehead atoms. The van der Waals surface area contributed by atoms with E-state index in [9.17, 15) is 9.59 Å². The highest BCUT2D eigenvalue weighted by Crippen LogP contribution is 2.37. The van der Waals surface area contributed by atoms with Gasteiger partial charge in [-0.15, -0.1) is 0 Å². The number of amides is 2. The van der Waals surface area contributed by atoms with Crippen LogP contribution in [0.4, 0.5) is 5.69 Å². The Balaban J connectivity index is 1.72. The van der Waals surface area contributed by atoms with Gasteiger partial charge in [0, 0.05) is 31.9 Å². The molecule has 0 aromatic heterocycles. The third kappa shape index (κ3) is 2.12. The average Bonchev–Trinajstić information content (AvgIpc) is 2.90. The Bertz CT molecular complexity index is 969. The van der Waals surface area contributed by atoms with Crippen molar-refractivity contribution in [3.63, 3.8) is 0 Å². The number of likely N-dealkylation sites (N-methyl/N-ethyl adjacent to an activating group) is 1. The van der Waals surface area contributed by atoms with Gasteiger partial charge in [-0.2, -0.15) is 0 Å². The van der Waals surface area contributed by atoms with Crippen LogP contribution < -0.4 is 10.2 Å². The minimum atomic E-state index is -0.278. The normalized spacial score (nSPS) is 19.5. The van der Waals surface area contributed by atoms with E-state index in [4.69, 9.17) is 0 Å². The predicted molar refractivity (Wildman–Crippen MR) is 98.2 cm³/mol. The topological polar surface area (TPSA) is 52.6 Å². The fraction of sp³-hybridized carbons (Fsp3) is 0.300. The van der Waals surface area contributed by atoms with Gasteiger partial charge in [-0.05, 0) is 53.6 Å². The minimum absolute atomic E-state index is 0.263. The van der Waals surface area contributed by atoms with E-state index in [-0.39, 0.29) is 11.8 Å². The second kappa shape index (κ2) is 5.17. The van der Waals surface area contributed by atoms with Crippen LogP contribution in [0.5, 0.6) is 0 Å². The van der Waals surface area contributed by atoms with Crippen molar-refractivity contribution in [1.82, 2.24) is 10.2 Å². The summed E-state index contributed by atoms with van der Waals surface area (Å²) in [7, 11) is 2.15. The van der Waals surface area contributed by atoms with Crippen LogP contribution >= 0.6 is 0 Å². The number of hydrogen-bond donors (Lipinski definition) is 1. The molecule has 2 aliphatic heterocycles. The largest absolute Gasteiger partial charge is 0.369 e. The van der Waals surface area contributed by atoms with Crippen LogP contribution in [0.15, 0.2) is 24.3 Å². The zero-order chi connectivity index (χ0) is 17.1. The molecule has 5 heteroatoms. The maximum Gasteiger partial charge on any atom is 0.259 e. The number of imide groups is 1. The van der Waals surface area contributed by atoms with Gasteiger partial charge in [-0.1, -0.05) is 12.2 Å². The average molecular weight is 333 g/mol. The van der Waals surface area contributed by atoms with Crippen LogP contribution in [0.1, 0.15) is 31.8 Å². The fourth-order valence-corrected chi connectivity index (χ4v) is 4.21. The summed E-state index contributed by atoms with van der Waals surface area (Å²) >= 11 is 0. The Morgan fingerprint density at radius 3 is 2.60 bits per heavy atom. The molecule has 126 valence electrons. The smallest absolute Gasteiger partial charge is 0.259 e. The van der Waals surface area contributed by atoms with Gasteiger partial charge < -0.3 is 9.80 Å². The summed E-state index contributed by atoms with van der Waals surface area (Å²) in [5.74, 6) is -0.541. The molecule has 2 amide bonds. The van der Waals surface area contributed by atoms with Crippen molar-refractivity contribution in [2.45, 2.75) is 6.42 Å². The Morgan fingerprint density at radius 1 is 1.00 bits per heavy atom. The van der Waals surface area contributed by atoms with Crippen LogP contribution in [0.2, 0.25) is 0 Å². The minimum Gasteiger partial charge on any atom is -0.369 e. The van der Waals surface area contributed by atoms with Gasteiger partial charge in [0.2, 0.25) is 0 Å². The van der Waals surface area contributed by atoms with Crippen molar-refractivity contribution >= 4 is 34.4 Å². The molecule has 1 aliphatic carbocycles. The highest BCUT2D eigenvalue weighted by Gasteiger charge is 2.32. The lowest BCUT2D eigenvalue weighted by molar-refractivity contribution is 0.0879. The zero-order valence-electron chi connectivity index (χ0n) is 14.1. The lowest BCUT2D eigenvalue weighted by Crippen LogP contribution is -2.44. The summed E-state index contributed by atoms with van der Waals surface area (Å²) in [4.78, 5) is 29.1. The van der Waals surface area contributed by atoms with E-state index in [2.05, 4.69) is 46.4 Å². The standard InChI is InChI=1S/C20H19N3O2/c1-22-5-7-23(8-6-22)14-9-12-3-2-4-15-17(12)13(10-14)11-16-18(15)20(25)21-19(16)24/h2-3,9-11H,4-8H2,1H3,(H,21,24,25). The van der Waals surface area contributed by atoms with E-state index in [1.54, 1.807) is 0 Å². The van der Waals surface area contributed by atoms with E-state index >= 15 is 0 Å². The van der Waals surface area contributed by atoms with Gasteiger partial charge in [0.05, 0.1) is 11.1 Å². The first-order valence-corrected chi connectivity index (χ1v) is 8.71. The van der Waals surface area contributed by atoms with E-state index in [0.717, 1.165) is 48.1 Å². The molecule has 2 heterocycles. The van der Waals surface area contributed by atoms with Gasteiger partial charge in [0.1, 0.15) is 0 Å². The second-order valence-electron chi connectivity index (χ2n) is 7.09. The number of anilines is 1. The molecule has 0 spiro atoms. The highest BCUT2D eigenvalue weighted by molar-refractivity contribution is 6.25. The molecule has 1 N–H and O–H groups in total. The van der Waals surface area contributed by atoms with Gasteiger partial charge in [0.25, 0.3) is 11.8 Å². The fourth-order valence-electron chi connectivity index (χ4n) is 4.21. The number of nitrogens with one attached hydrogen (secondary N) is 1. The van der Waals surface area contributed by atoms with Gasteiger partial charge in [-0.3, -0.25) is 14.9 Å². The van der Waals surface area contributed by atoms with E-state index in [0.29, 0.717) is 17.5 Å². The van der Waals surface area contributed by atoms with Crippen molar-refractivity contribution < 1.29 is 9.59 Å². The first kappa shape index (κ1) is 14.7. The number of rotatable bonds is 1. The zero-order valence-corrected chi connectivity index (χ0v) is 14.1. The summed E-state index contributed by atoms with van der Waals surface area (Å²) in [6, 6.07) is 6.27. The number of carbonyl (C=O) groups excluding carboxylic acids is 2. The molecule has 2 aromatic rings. The summed E-state index contributed by atoms with van der Waals surface area (Å²) in [6.07, 6.45) is 4.92. The highest BCUT2D eigenvalue weighted by atomic mass is 16.2. The molecule has 0 radical (unpaired) electrons. The molecule has 2 aromatic carbocycles. The summed E-state index contributed by atoms with van der Waals surface area (Å²) in [5, 5.41) is 4.61. The maximum atomic E-state index is 12.2. The van der Waals surface area contributed by atoms with Crippen molar-refractivity contribution in [2.75, 3.05) is 38.1 Å². The molecule has 3 aliphatic rings. The van der Waals surface area contributed by atoms with Crippen LogP contribution in [0.3, 0.4) is 0 Å². The Kier molecular flexibility index (Phi) is 3.03. The maximum absolute atomic E-state index is 12.2. The number of nitrogens with zero attached hydrogens (tertiary/aromatic N) is 2. The van der Waals surface area contributed by atoms with Crippen molar-refractivity contribution in [3.05, 3.63) is 46.5 Å². The first-order chi connectivity index (χ1) is 12.1. The Hall–Kier alpha value is -2.66.